The summed E-state index contributed by atoms with van der Waals surface area (Å²) in [5, 5.41) is 3.51. The number of benzene rings is 2. The molecule has 5 nitrogen and oxygen atoms in total. The van der Waals surface area contributed by atoms with Crippen LogP contribution in [-0.4, -0.2) is 47.0 Å². The number of carbonyl (C=O) groups is 2. The molecule has 238 valence electrons. The molecule has 1 heterocycles. The van der Waals surface area contributed by atoms with Crippen molar-refractivity contribution >= 4 is 35.2 Å². The fraction of sp³-hybridized carbons (Fsp3) is 0.611. The molecule has 7 heteroatoms. The topological polar surface area (TPSA) is 58.6 Å². The van der Waals surface area contributed by atoms with Crippen molar-refractivity contribution in [3.8, 4) is 5.75 Å². The van der Waals surface area contributed by atoms with Crippen molar-refractivity contribution in [1.29, 1.82) is 0 Å². The molecule has 2 aromatic rings. The van der Waals surface area contributed by atoms with Crippen molar-refractivity contribution in [2.45, 2.75) is 122 Å². The number of halogens is 1. The molecule has 0 saturated carbocycles. The Balaban J connectivity index is 1.58. The van der Waals surface area contributed by atoms with Crippen LogP contribution in [0.15, 0.2) is 42.5 Å². The standard InChI is InChI=1S/C36H53ClN2O3S/c1-8-11-12-19-32-39(34(41)27-17-13-14-18-29(27)37)30(25-43-32)33(40)38-22-15-16-23-42-31-21-20-26(35(4,5)9-2)24-28(31)36(6,7)10-3/h13-14,17-18,20-21,24,30,32H,8-12,15-16,19,22-23,25H2,1-7H3,(H,38,40). The molecule has 1 saturated heterocycles. The number of nitrogens with one attached hydrogen (secondary N) is 1. The minimum atomic E-state index is -0.499. The molecule has 1 fully saturated rings. The van der Waals surface area contributed by atoms with Gasteiger partial charge < -0.3 is 15.0 Å². The van der Waals surface area contributed by atoms with Crippen LogP contribution in [0.25, 0.3) is 0 Å². The summed E-state index contributed by atoms with van der Waals surface area (Å²) in [7, 11) is 0. The van der Waals surface area contributed by atoms with Crippen LogP contribution in [0, 0.1) is 0 Å². The summed E-state index contributed by atoms with van der Waals surface area (Å²) in [6.07, 6.45) is 7.88. The van der Waals surface area contributed by atoms with Crippen molar-refractivity contribution in [2.24, 2.45) is 0 Å². The van der Waals surface area contributed by atoms with E-state index in [0.29, 0.717) is 29.5 Å². The second-order valence-corrected chi connectivity index (χ2v) is 14.6. The van der Waals surface area contributed by atoms with Gasteiger partial charge in [0, 0.05) is 17.9 Å². The molecule has 3 rings (SSSR count). The first kappa shape index (κ1) is 35.3. The van der Waals surface area contributed by atoms with Crippen molar-refractivity contribution in [2.75, 3.05) is 18.9 Å². The lowest BCUT2D eigenvalue weighted by molar-refractivity contribution is -0.124. The largest absolute Gasteiger partial charge is 0.493 e. The van der Waals surface area contributed by atoms with Gasteiger partial charge in [-0.3, -0.25) is 9.59 Å². The highest BCUT2D eigenvalue weighted by molar-refractivity contribution is 8.00. The van der Waals surface area contributed by atoms with Crippen LogP contribution in [0.3, 0.4) is 0 Å². The zero-order valence-corrected chi connectivity index (χ0v) is 29.0. The van der Waals surface area contributed by atoms with E-state index in [0.717, 1.165) is 57.1 Å². The molecule has 43 heavy (non-hydrogen) atoms. The second kappa shape index (κ2) is 16.2. The van der Waals surface area contributed by atoms with Crippen LogP contribution in [0.5, 0.6) is 5.75 Å². The molecule has 0 spiro atoms. The van der Waals surface area contributed by atoms with Gasteiger partial charge in [0.15, 0.2) is 0 Å². The van der Waals surface area contributed by atoms with E-state index in [1.165, 1.54) is 11.1 Å². The number of ether oxygens (including phenoxy) is 1. The fourth-order valence-corrected chi connectivity index (χ4v) is 7.01. The summed E-state index contributed by atoms with van der Waals surface area (Å²) in [6.45, 7) is 16.9. The molecule has 0 radical (unpaired) electrons. The Bertz CT molecular complexity index is 1210. The Morgan fingerprint density at radius 1 is 0.977 bits per heavy atom. The number of thioether (sulfide) groups is 1. The quantitative estimate of drug-likeness (QED) is 0.188. The van der Waals surface area contributed by atoms with Gasteiger partial charge >= 0.3 is 0 Å². The molecule has 1 N–H and O–H groups in total. The Morgan fingerprint density at radius 3 is 2.37 bits per heavy atom. The van der Waals surface area contributed by atoms with Gasteiger partial charge in [-0.25, -0.2) is 0 Å². The van der Waals surface area contributed by atoms with Gasteiger partial charge in [0.05, 0.1) is 22.6 Å². The third-order valence-corrected chi connectivity index (χ3v) is 10.9. The normalized spacial score (nSPS) is 17.3. The highest BCUT2D eigenvalue weighted by atomic mass is 35.5. The molecular weight excluding hydrogens is 576 g/mol. The molecule has 2 aromatic carbocycles. The van der Waals surface area contributed by atoms with E-state index in [-0.39, 0.29) is 28.0 Å². The third kappa shape index (κ3) is 9.17. The summed E-state index contributed by atoms with van der Waals surface area (Å²) in [5.41, 5.74) is 3.21. The smallest absolute Gasteiger partial charge is 0.256 e. The predicted octanol–water partition coefficient (Wildman–Crippen LogP) is 9.15. The Kier molecular flexibility index (Phi) is 13.3. The number of rotatable bonds is 16. The van der Waals surface area contributed by atoms with Gasteiger partial charge in [0.1, 0.15) is 11.8 Å². The van der Waals surface area contributed by atoms with Crippen molar-refractivity contribution in [3.05, 3.63) is 64.2 Å². The highest BCUT2D eigenvalue weighted by Gasteiger charge is 2.41. The van der Waals surface area contributed by atoms with E-state index < -0.39 is 6.04 Å². The van der Waals surface area contributed by atoms with Gasteiger partial charge in [-0.05, 0) is 66.7 Å². The maximum Gasteiger partial charge on any atom is 0.256 e. The van der Waals surface area contributed by atoms with E-state index in [1.807, 2.05) is 12.1 Å². The first-order chi connectivity index (χ1) is 20.5. The molecule has 0 bridgehead atoms. The van der Waals surface area contributed by atoms with E-state index in [1.54, 1.807) is 28.8 Å². The molecule has 1 aliphatic heterocycles. The molecule has 2 amide bonds. The molecule has 0 aliphatic carbocycles. The van der Waals surface area contributed by atoms with Gasteiger partial charge in [-0.1, -0.05) is 104 Å². The summed E-state index contributed by atoms with van der Waals surface area (Å²) in [5.74, 6) is 1.30. The van der Waals surface area contributed by atoms with E-state index in [9.17, 15) is 9.59 Å². The van der Waals surface area contributed by atoms with Crippen molar-refractivity contribution in [1.82, 2.24) is 10.2 Å². The lowest BCUT2D eigenvalue weighted by Gasteiger charge is -2.30. The predicted molar refractivity (Wildman–Crippen MR) is 183 cm³/mol. The van der Waals surface area contributed by atoms with E-state index in [4.69, 9.17) is 16.3 Å². The monoisotopic (exact) mass is 628 g/mol. The van der Waals surface area contributed by atoms with Crippen LogP contribution in [0.4, 0.5) is 0 Å². The number of nitrogens with zero attached hydrogens (tertiary/aromatic N) is 1. The average molecular weight is 629 g/mol. The molecule has 2 atom stereocenters. The maximum absolute atomic E-state index is 13.6. The lowest BCUT2D eigenvalue weighted by atomic mass is 9.76. The van der Waals surface area contributed by atoms with Crippen LogP contribution < -0.4 is 10.1 Å². The Morgan fingerprint density at radius 2 is 1.70 bits per heavy atom. The third-order valence-electron chi connectivity index (χ3n) is 9.17. The van der Waals surface area contributed by atoms with Gasteiger partial charge in [-0.2, -0.15) is 0 Å². The number of hydrogen-bond donors (Lipinski definition) is 1. The molecule has 1 aliphatic rings. The van der Waals surface area contributed by atoms with Crippen LogP contribution >= 0.6 is 23.4 Å². The number of carbonyl (C=O) groups excluding carboxylic acids is 2. The first-order valence-corrected chi connectivity index (χ1v) is 17.6. The minimum absolute atomic E-state index is 0.0180. The van der Waals surface area contributed by atoms with Gasteiger partial charge in [0.25, 0.3) is 5.91 Å². The maximum atomic E-state index is 13.6. The average Bonchev–Trinajstić information content (AvgIpc) is 3.42. The number of amides is 2. The number of hydrogen-bond acceptors (Lipinski definition) is 4. The van der Waals surface area contributed by atoms with Crippen molar-refractivity contribution in [3.63, 3.8) is 0 Å². The Labute approximate surface area is 269 Å². The van der Waals surface area contributed by atoms with E-state index >= 15 is 0 Å². The van der Waals surface area contributed by atoms with Crippen LogP contribution in [-0.2, 0) is 15.6 Å². The summed E-state index contributed by atoms with van der Waals surface area (Å²) in [6, 6.07) is 13.3. The van der Waals surface area contributed by atoms with Gasteiger partial charge in [0.2, 0.25) is 5.91 Å². The van der Waals surface area contributed by atoms with Crippen LogP contribution in [0.2, 0.25) is 5.02 Å². The molecular formula is C36H53ClN2O3S. The minimum Gasteiger partial charge on any atom is -0.493 e. The number of unbranched alkanes of at least 4 members (excludes halogenated alkanes) is 3. The van der Waals surface area contributed by atoms with Gasteiger partial charge in [-0.15, -0.1) is 11.8 Å². The van der Waals surface area contributed by atoms with E-state index in [2.05, 4.69) is 72.0 Å². The zero-order chi connectivity index (χ0) is 31.6. The molecule has 2 unspecified atom stereocenters. The summed E-state index contributed by atoms with van der Waals surface area (Å²) < 4.78 is 6.32. The second-order valence-electron chi connectivity index (χ2n) is 13.0. The SMILES string of the molecule is CCCCCC1SCC(C(=O)NCCCCOc2ccc(C(C)(C)CC)cc2C(C)(C)CC)N1C(=O)c1ccccc1Cl. The molecule has 0 aromatic heterocycles. The highest BCUT2D eigenvalue weighted by Crippen LogP contribution is 2.39. The summed E-state index contributed by atoms with van der Waals surface area (Å²) in [4.78, 5) is 28.7. The fourth-order valence-electron chi connectivity index (χ4n) is 5.34. The summed E-state index contributed by atoms with van der Waals surface area (Å²) >= 11 is 8.09. The van der Waals surface area contributed by atoms with Crippen molar-refractivity contribution < 1.29 is 14.3 Å². The van der Waals surface area contributed by atoms with Crippen LogP contribution in [0.1, 0.15) is 121 Å². The Hall–Kier alpha value is -2.18. The lowest BCUT2D eigenvalue weighted by Crippen LogP contribution is -2.50. The zero-order valence-electron chi connectivity index (χ0n) is 27.4. The first-order valence-electron chi connectivity index (χ1n) is 16.2.